The summed E-state index contributed by atoms with van der Waals surface area (Å²) in [5.74, 6) is 2.15. The van der Waals surface area contributed by atoms with Gasteiger partial charge in [-0.15, -0.1) is 5.10 Å². The molecule has 0 amide bonds. The summed E-state index contributed by atoms with van der Waals surface area (Å²) in [6, 6.07) is 10.8. The lowest BCUT2D eigenvalue weighted by atomic mass is 9.84. The van der Waals surface area contributed by atoms with Gasteiger partial charge < -0.3 is 14.4 Å². The van der Waals surface area contributed by atoms with Crippen LogP contribution in [0.25, 0.3) is 11.1 Å². The van der Waals surface area contributed by atoms with Crippen molar-refractivity contribution in [2.45, 2.75) is 95.2 Å². The summed E-state index contributed by atoms with van der Waals surface area (Å²) in [6.45, 7) is 2.15. The number of likely N-dealkylation sites (tertiary alicyclic amines) is 1. The van der Waals surface area contributed by atoms with Crippen molar-refractivity contribution in [1.82, 2.24) is 15.1 Å². The van der Waals surface area contributed by atoms with Gasteiger partial charge in [-0.05, 0) is 76.1 Å². The van der Waals surface area contributed by atoms with Crippen LogP contribution in [-0.2, 0) is 0 Å². The highest BCUT2D eigenvalue weighted by atomic mass is 16.5. The Labute approximate surface area is 198 Å². The number of benzene rings is 1. The van der Waals surface area contributed by atoms with Gasteiger partial charge in [-0.2, -0.15) is 5.10 Å². The zero-order valence-electron chi connectivity index (χ0n) is 20.2. The minimum absolute atomic E-state index is 0.232. The molecule has 0 N–H and O–H groups in total. The molecular weight excluding hydrogens is 410 g/mol. The largest absolute Gasteiger partial charge is 0.490 e. The predicted molar refractivity (Wildman–Crippen MR) is 132 cm³/mol. The fraction of sp³-hybridized carbons (Fsp3) is 0.643. The molecule has 1 saturated heterocycles. The second-order valence-corrected chi connectivity index (χ2v) is 10.3. The van der Waals surface area contributed by atoms with Crippen LogP contribution in [0, 0.1) is 0 Å². The molecule has 1 aliphatic heterocycles. The number of rotatable bonds is 6. The van der Waals surface area contributed by atoms with Gasteiger partial charge in [0.1, 0.15) is 11.9 Å². The van der Waals surface area contributed by atoms with Crippen molar-refractivity contribution in [2.75, 3.05) is 20.1 Å². The van der Waals surface area contributed by atoms with Gasteiger partial charge in [0.05, 0.1) is 11.8 Å². The molecule has 0 bridgehead atoms. The molecule has 2 aromatic rings. The first-order valence-electron chi connectivity index (χ1n) is 13.2. The SMILES string of the molecule is CN1CCC(Oc2cc(-c3ccc(OC4CCCCC4)cc3)c(C3CCCCC3)nn2)CC1. The Kier molecular flexibility index (Phi) is 7.45. The maximum Gasteiger partial charge on any atom is 0.234 e. The number of aromatic nitrogens is 2. The zero-order valence-corrected chi connectivity index (χ0v) is 20.2. The Morgan fingerprint density at radius 2 is 1.36 bits per heavy atom. The molecule has 3 aliphatic rings. The van der Waals surface area contributed by atoms with E-state index in [-0.39, 0.29) is 6.10 Å². The Bertz CT molecular complexity index is 881. The highest BCUT2D eigenvalue weighted by Gasteiger charge is 2.24. The van der Waals surface area contributed by atoms with Crippen LogP contribution in [0.3, 0.4) is 0 Å². The van der Waals surface area contributed by atoms with Crippen molar-refractivity contribution in [3.8, 4) is 22.8 Å². The zero-order chi connectivity index (χ0) is 22.5. The summed E-state index contributed by atoms with van der Waals surface area (Å²) < 4.78 is 12.6. The van der Waals surface area contributed by atoms with Gasteiger partial charge in [0.15, 0.2) is 0 Å². The van der Waals surface area contributed by atoms with Crippen LogP contribution in [0.2, 0.25) is 0 Å². The van der Waals surface area contributed by atoms with Gasteiger partial charge in [-0.3, -0.25) is 0 Å². The minimum Gasteiger partial charge on any atom is -0.490 e. The van der Waals surface area contributed by atoms with E-state index in [9.17, 15) is 0 Å². The summed E-state index contributed by atoms with van der Waals surface area (Å²) in [4.78, 5) is 2.36. The third-order valence-corrected chi connectivity index (χ3v) is 7.77. The molecule has 0 unspecified atom stereocenters. The lowest BCUT2D eigenvalue weighted by Crippen LogP contribution is -2.35. The topological polar surface area (TPSA) is 47.5 Å². The molecule has 178 valence electrons. The van der Waals surface area contributed by atoms with E-state index in [1.54, 1.807) is 0 Å². The van der Waals surface area contributed by atoms with Gasteiger partial charge in [0, 0.05) is 30.6 Å². The van der Waals surface area contributed by atoms with Crippen LogP contribution in [0.1, 0.15) is 88.7 Å². The Balaban J connectivity index is 1.36. The molecule has 0 radical (unpaired) electrons. The number of nitrogens with zero attached hydrogens (tertiary/aromatic N) is 3. The van der Waals surface area contributed by atoms with Crippen LogP contribution >= 0.6 is 0 Å². The molecule has 5 rings (SSSR count). The van der Waals surface area contributed by atoms with Crippen LogP contribution in [0.5, 0.6) is 11.6 Å². The first kappa shape index (κ1) is 22.6. The summed E-state index contributed by atoms with van der Waals surface area (Å²) in [7, 11) is 2.18. The average molecular weight is 450 g/mol. The molecule has 5 nitrogen and oxygen atoms in total. The normalized spacial score (nSPS) is 21.7. The van der Waals surface area contributed by atoms with E-state index in [2.05, 4.69) is 47.4 Å². The summed E-state index contributed by atoms with van der Waals surface area (Å²) in [5.41, 5.74) is 3.52. The van der Waals surface area contributed by atoms with Crippen molar-refractivity contribution in [3.05, 3.63) is 36.0 Å². The molecule has 5 heteroatoms. The molecule has 3 fully saturated rings. The molecule has 1 aromatic heterocycles. The number of ether oxygens (including phenoxy) is 2. The van der Waals surface area contributed by atoms with Gasteiger partial charge in [0.2, 0.25) is 5.88 Å². The van der Waals surface area contributed by atoms with Crippen molar-refractivity contribution < 1.29 is 9.47 Å². The third kappa shape index (κ3) is 5.87. The van der Waals surface area contributed by atoms with E-state index < -0.39 is 0 Å². The quantitative estimate of drug-likeness (QED) is 0.512. The highest BCUT2D eigenvalue weighted by Crippen LogP contribution is 2.38. The smallest absolute Gasteiger partial charge is 0.234 e. The molecule has 0 atom stereocenters. The molecule has 2 saturated carbocycles. The molecule has 33 heavy (non-hydrogen) atoms. The molecular formula is C28H39N3O2. The summed E-state index contributed by atoms with van der Waals surface area (Å²) >= 11 is 0. The molecule has 0 spiro atoms. The number of hydrogen-bond acceptors (Lipinski definition) is 5. The monoisotopic (exact) mass is 449 g/mol. The van der Waals surface area contributed by atoms with E-state index in [1.807, 2.05) is 0 Å². The molecule has 2 aliphatic carbocycles. The minimum atomic E-state index is 0.232. The van der Waals surface area contributed by atoms with Gasteiger partial charge in [-0.1, -0.05) is 37.8 Å². The third-order valence-electron chi connectivity index (χ3n) is 7.77. The van der Waals surface area contributed by atoms with Crippen LogP contribution < -0.4 is 9.47 Å². The fourth-order valence-electron chi connectivity index (χ4n) is 5.71. The molecule has 2 heterocycles. The number of hydrogen-bond donors (Lipinski definition) is 0. The maximum absolute atomic E-state index is 6.31. The van der Waals surface area contributed by atoms with Crippen molar-refractivity contribution in [2.24, 2.45) is 0 Å². The number of piperidine rings is 1. The van der Waals surface area contributed by atoms with E-state index in [0.717, 1.165) is 37.4 Å². The van der Waals surface area contributed by atoms with E-state index >= 15 is 0 Å². The Morgan fingerprint density at radius 1 is 0.727 bits per heavy atom. The summed E-state index contributed by atoms with van der Waals surface area (Å²) in [5, 5.41) is 9.30. The average Bonchev–Trinajstić information content (AvgIpc) is 2.87. The van der Waals surface area contributed by atoms with E-state index in [1.165, 1.54) is 75.3 Å². The maximum atomic E-state index is 6.31. The van der Waals surface area contributed by atoms with Gasteiger partial charge in [0.25, 0.3) is 0 Å². The first-order chi connectivity index (χ1) is 16.2. The lowest BCUT2D eigenvalue weighted by molar-refractivity contribution is 0.109. The second-order valence-electron chi connectivity index (χ2n) is 10.3. The Morgan fingerprint density at radius 3 is 2.06 bits per heavy atom. The van der Waals surface area contributed by atoms with Crippen LogP contribution in [-0.4, -0.2) is 47.4 Å². The van der Waals surface area contributed by atoms with Crippen LogP contribution in [0.15, 0.2) is 30.3 Å². The first-order valence-corrected chi connectivity index (χ1v) is 13.2. The van der Waals surface area contributed by atoms with Gasteiger partial charge in [-0.25, -0.2) is 0 Å². The van der Waals surface area contributed by atoms with E-state index in [0.29, 0.717) is 17.9 Å². The lowest BCUT2D eigenvalue weighted by Gasteiger charge is -2.29. The standard InChI is InChI=1S/C28H39N3O2/c1-31-18-16-25(17-19-31)33-27-20-26(28(30-29-27)22-8-4-2-5-9-22)21-12-14-24(15-13-21)32-23-10-6-3-7-11-23/h12-15,20,22-23,25H,2-11,16-19H2,1H3. The van der Waals surface area contributed by atoms with Crippen molar-refractivity contribution >= 4 is 0 Å². The second kappa shape index (κ2) is 10.9. The fourth-order valence-corrected chi connectivity index (χ4v) is 5.71. The highest BCUT2D eigenvalue weighted by molar-refractivity contribution is 5.68. The summed E-state index contributed by atoms with van der Waals surface area (Å²) in [6.07, 6.45) is 15.3. The van der Waals surface area contributed by atoms with Crippen molar-refractivity contribution in [1.29, 1.82) is 0 Å². The Hall–Kier alpha value is -2.14. The molecule has 1 aromatic carbocycles. The predicted octanol–water partition coefficient (Wildman–Crippen LogP) is 6.38. The van der Waals surface area contributed by atoms with E-state index in [4.69, 9.17) is 14.6 Å². The van der Waals surface area contributed by atoms with Crippen LogP contribution in [0.4, 0.5) is 0 Å². The van der Waals surface area contributed by atoms with Crippen molar-refractivity contribution in [3.63, 3.8) is 0 Å². The van der Waals surface area contributed by atoms with Gasteiger partial charge >= 0.3 is 0 Å².